The summed E-state index contributed by atoms with van der Waals surface area (Å²) in [4.78, 5) is 4.62. The zero-order valence-corrected chi connectivity index (χ0v) is 13.0. The van der Waals surface area contributed by atoms with Gasteiger partial charge in [-0.05, 0) is 30.0 Å². The van der Waals surface area contributed by atoms with Crippen LogP contribution in [0.25, 0.3) is 22.4 Å². The first-order valence-electron chi connectivity index (χ1n) is 7.97. The molecule has 0 saturated heterocycles. The Balaban J connectivity index is 1.78. The Hall–Kier alpha value is -2.41. The minimum Gasteiger partial charge on any atom is -0.256 e. The maximum atomic E-state index is 4.62. The lowest BCUT2D eigenvalue weighted by molar-refractivity contribution is 0.795. The van der Waals surface area contributed by atoms with E-state index in [0.29, 0.717) is 0 Å². The second kappa shape index (κ2) is 7.04. The highest BCUT2D eigenvalue weighted by Gasteiger charge is 2.02. The van der Waals surface area contributed by atoms with E-state index in [1.807, 2.05) is 12.3 Å². The van der Waals surface area contributed by atoms with Gasteiger partial charge < -0.3 is 0 Å². The molecule has 0 aliphatic heterocycles. The fourth-order valence-electron chi connectivity index (χ4n) is 2.59. The van der Waals surface area contributed by atoms with E-state index in [1.165, 1.54) is 29.5 Å². The van der Waals surface area contributed by atoms with Crippen molar-refractivity contribution in [3.8, 4) is 22.4 Å². The van der Waals surface area contributed by atoms with E-state index < -0.39 is 0 Å². The molecule has 1 nitrogen and oxygen atoms in total. The number of hydrogen-bond acceptors (Lipinski definition) is 1. The minimum atomic E-state index is 1.03. The molecule has 1 aromatic heterocycles. The highest BCUT2D eigenvalue weighted by Crippen LogP contribution is 2.22. The molecule has 0 aliphatic rings. The average Bonchev–Trinajstić information content (AvgIpc) is 2.61. The van der Waals surface area contributed by atoms with Gasteiger partial charge >= 0.3 is 0 Å². The predicted octanol–water partition coefficient (Wildman–Crippen LogP) is 5.76. The molecule has 1 heterocycles. The number of aromatic nitrogens is 1. The number of rotatable bonds is 5. The van der Waals surface area contributed by atoms with Crippen molar-refractivity contribution in [1.29, 1.82) is 0 Å². The lowest BCUT2D eigenvalue weighted by Crippen LogP contribution is -1.87. The summed E-state index contributed by atoms with van der Waals surface area (Å²) in [6, 6.07) is 23.4. The third-order valence-corrected chi connectivity index (χ3v) is 3.94. The van der Waals surface area contributed by atoms with Gasteiger partial charge in [-0.3, -0.25) is 4.98 Å². The Morgan fingerprint density at radius 1 is 0.727 bits per heavy atom. The molecule has 0 aliphatic carbocycles. The molecule has 0 unspecified atom stereocenters. The number of aryl methyl sites for hydroxylation is 1. The van der Waals surface area contributed by atoms with Crippen LogP contribution in [-0.2, 0) is 6.42 Å². The highest BCUT2D eigenvalue weighted by molar-refractivity contribution is 5.66. The Morgan fingerprint density at radius 2 is 1.45 bits per heavy atom. The first-order chi connectivity index (χ1) is 10.9. The van der Waals surface area contributed by atoms with Gasteiger partial charge in [0.1, 0.15) is 0 Å². The molecular weight excluding hydrogens is 266 g/mol. The molecule has 0 spiro atoms. The monoisotopic (exact) mass is 287 g/mol. The second-order valence-corrected chi connectivity index (χ2v) is 5.60. The van der Waals surface area contributed by atoms with E-state index in [4.69, 9.17) is 0 Å². The van der Waals surface area contributed by atoms with Crippen LogP contribution in [0.1, 0.15) is 25.3 Å². The maximum absolute atomic E-state index is 4.62. The molecule has 0 saturated carbocycles. The van der Waals surface area contributed by atoms with Crippen molar-refractivity contribution in [2.24, 2.45) is 0 Å². The van der Waals surface area contributed by atoms with E-state index in [1.54, 1.807) is 0 Å². The van der Waals surface area contributed by atoms with Crippen molar-refractivity contribution in [3.63, 3.8) is 0 Å². The molecule has 0 fully saturated rings. The summed E-state index contributed by atoms with van der Waals surface area (Å²) in [5, 5.41) is 0. The van der Waals surface area contributed by atoms with Crippen LogP contribution in [-0.4, -0.2) is 4.98 Å². The summed E-state index contributed by atoms with van der Waals surface area (Å²) in [7, 11) is 0. The first kappa shape index (κ1) is 14.5. The predicted molar refractivity (Wildman–Crippen MR) is 93.7 cm³/mol. The third-order valence-electron chi connectivity index (χ3n) is 3.94. The fraction of sp³-hybridized carbons (Fsp3) is 0.190. The lowest BCUT2D eigenvalue weighted by Gasteiger charge is -2.05. The van der Waals surface area contributed by atoms with Crippen molar-refractivity contribution in [2.75, 3.05) is 0 Å². The maximum Gasteiger partial charge on any atom is 0.0702 e. The largest absolute Gasteiger partial charge is 0.256 e. The summed E-state index contributed by atoms with van der Waals surface area (Å²) in [5.41, 5.74) is 5.98. The van der Waals surface area contributed by atoms with Gasteiger partial charge in [-0.1, -0.05) is 74.0 Å². The van der Waals surface area contributed by atoms with Crippen molar-refractivity contribution >= 4 is 0 Å². The molecule has 3 rings (SSSR count). The van der Waals surface area contributed by atoms with Crippen molar-refractivity contribution < 1.29 is 0 Å². The van der Waals surface area contributed by atoms with Crippen molar-refractivity contribution in [1.82, 2.24) is 4.98 Å². The van der Waals surface area contributed by atoms with Gasteiger partial charge in [-0.25, -0.2) is 0 Å². The van der Waals surface area contributed by atoms with Crippen LogP contribution in [0.2, 0.25) is 0 Å². The summed E-state index contributed by atoms with van der Waals surface area (Å²) < 4.78 is 0. The van der Waals surface area contributed by atoms with Crippen LogP contribution in [0.3, 0.4) is 0 Å². The highest BCUT2D eigenvalue weighted by atomic mass is 14.7. The topological polar surface area (TPSA) is 12.9 Å². The van der Waals surface area contributed by atoms with Gasteiger partial charge in [0.25, 0.3) is 0 Å². The molecule has 0 bridgehead atoms. The average molecular weight is 287 g/mol. The molecule has 0 amide bonds. The fourth-order valence-corrected chi connectivity index (χ4v) is 2.59. The minimum absolute atomic E-state index is 1.03. The summed E-state index contributed by atoms with van der Waals surface area (Å²) >= 11 is 0. The second-order valence-electron chi connectivity index (χ2n) is 5.60. The van der Waals surface area contributed by atoms with Crippen LogP contribution in [0.5, 0.6) is 0 Å². The Kier molecular flexibility index (Phi) is 4.65. The summed E-state index contributed by atoms with van der Waals surface area (Å²) in [5.74, 6) is 0. The zero-order valence-electron chi connectivity index (χ0n) is 13.0. The van der Waals surface area contributed by atoms with E-state index in [0.717, 1.165) is 17.7 Å². The molecule has 3 aromatic rings. The van der Waals surface area contributed by atoms with Crippen LogP contribution >= 0.6 is 0 Å². The lowest BCUT2D eigenvalue weighted by atomic mass is 10.0. The number of benzene rings is 2. The molecule has 110 valence electrons. The molecule has 22 heavy (non-hydrogen) atoms. The van der Waals surface area contributed by atoms with Crippen molar-refractivity contribution in [2.45, 2.75) is 26.2 Å². The van der Waals surface area contributed by atoms with Gasteiger partial charge in [-0.2, -0.15) is 0 Å². The molecule has 0 N–H and O–H groups in total. The molecular formula is C21H21N. The Bertz CT molecular complexity index is 697. The van der Waals surface area contributed by atoms with E-state index >= 15 is 0 Å². The SMILES string of the molecule is CCCCc1ccc(-c2ccc(-c3ccccc3)cn2)cc1. The number of unbranched alkanes of at least 4 members (excludes halogenated alkanes) is 1. The van der Waals surface area contributed by atoms with Gasteiger partial charge in [0.15, 0.2) is 0 Å². The van der Waals surface area contributed by atoms with Gasteiger partial charge in [0.05, 0.1) is 5.69 Å². The molecule has 0 radical (unpaired) electrons. The molecule has 0 atom stereocenters. The standard InChI is InChI=1S/C21H21N/c1-2-3-7-17-10-12-19(13-11-17)21-15-14-20(16-22-21)18-8-5-4-6-9-18/h4-6,8-16H,2-3,7H2,1H3. The normalized spacial score (nSPS) is 10.6. The van der Waals surface area contributed by atoms with Crippen molar-refractivity contribution in [3.05, 3.63) is 78.5 Å². The van der Waals surface area contributed by atoms with Crippen LogP contribution in [0.15, 0.2) is 72.9 Å². The van der Waals surface area contributed by atoms with E-state index in [2.05, 4.69) is 72.6 Å². The summed E-state index contributed by atoms with van der Waals surface area (Å²) in [6.07, 6.45) is 5.61. The van der Waals surface area contributed by atoms with Gasteiger partial charge in [-0.15, -0.1) is 0 Å². The van der Waals surface area contributed by atoms with E-state index in [9.17, 15) is 0 Å². The zero-order chi connectivity index (χ0) is 15.2. The van der Waals surface area contributed by atoms with Gasteiger partial charge in [0, 0.05) is 17.3 Å². The Morgan fingerprint density at radius 3 is 2.09 bits per heavy atom. The van der Waals surface area contributed by atoms with Crippen LogP contribution < -0.4 is 0 Å². The van der Waals surface area contributed by atoms with Crippen LogP contribution in [0.4, 0.5) is 0 Å². The summed E-state index contributed by atoms with van der Waals surface area (Å²) in [6.45, 7) is 2.23. The quantitative estimate of drug-likeness (QED) is 0.581. The number of nitrogens with zero attached hydrogens (tertiary/aromatic N) is 1. The number of hydrogen-bond donors (Lipinski definition) is 0. The molecule has 1 heteroatoms. The smallest absolute Gasteiger partial charge is 0.0702 e. The van der Waals surface area contributed by atoms with Gasteiger partial charge in [0.2, 0.25) is 0 Å². The Labute approximate surface area is 132 Å². The van der Waals surface area contributed by atoms with E-state index in [-0.39, 0.29) is 0 Å². The molecule has 2 aromatic carbocycles. The first-order valence-corrected chi connectivity index (χ1v) is 7.97. The number of pyridine rings is 1. The third kappa shape index (κ3) is 3.43. The van der Waals surface area contributed by atoms with Crippen LogP contribution in [0, 0.1) is 0 Å².